The first-order valence-corrected chi connectivity index (χ1v) is 6.15. The van der Waals surface area contributed by atoms with Crippen LogP contribution in [0, 0.1) is 0 Å². The molecule has 1 aromatic heterocycles. The fourth-order valence-corrected chi connectivity index (χ4v) is 1.82. The normalized spacial score (nSPS) is 12.5. The zero-order valence-corrected chi connectivity index (χ0v) is 11.1. The first-order chi connectivity index (χ1) is 9.10. The highest BCUT2D eigenvalue weighted by Crippen LogP contribution is 2.13. The second-order valence-corrected chi connectivity index (χ2v) is 4.52. The molecular weight excluding hydrogens is 244 g/mol. The number of hydrogen-bond donors (Lipinski definition) is 3. The van der Waals surface area contributed by atoms with Crippen molar-refractivity contribution in [3.8, 4) is 0 Å². The minimum absolute atomic E-state index is 0.161. The van der Waals surface area contributed by atoms with Gasteiger partial charge >= 0.3 is 0 Å². The minimum Gasteiger partial charge on any atom is -0.399 e. The Hall–Kier alpha value is -2.08. The van der Waals surface area contributed by atoms with Gasteiger partial charge in [-0.15, -0.1) is 0 Å². The summed E-state index contributed by atoms with van der Waals surface area (Å²) < 4.78 is 5.01. The van der Waals surface area contributed by atoms with Gasteiger partial charge in [-0.3, -0.25) is 9.78 Å². The Kier molecular flexibility index (Phi) is 4.01. The fraction of sp³-hybridized carbons (Fsp3) is 0.385. The smallest absolute Gasteiger partial charge is 0.260 e. The molecule has 0 saturated carbocycles. The number of rotatable bonds is 5. The Morgan fingerprint density at radius 3 is 3.05 bits per heavy atom. The lowest BCUT2D eigenvalue weighted by Crippen LogP contribution is -2.21. The molecule has 1 heterocycles. The van der Waals surface area contributed by atoms with Crippen LogP contribution in [0.5, 0.6) is 0 Å². The molecule has 0 aliphatic heterocycles. The summed E-state index contributed by atoms with van der Waals surface area (Å²) in [6.07, 6.45) is 0.833. The summed E-state index contributed by atoms with van der Waals surface area (Å²) in [7, 11) is 1.66. The number of fused-ring (bicyclic) bond motifs is 1. The molecule has 0 radical (unpaired) electrons. The third-order valence-electron chi connectivity index (χ3n) is 2.87. The summed E-state index contributed by atoms with van der Waals surface area (Å²) in [4.78, 5) is 19.0. The van der Waals surface area contributed by atoms with Crippen LogP contribution in [0.15, 0.2) is 23.0 Å². The maximum Gasteiger partial charge on any atom is 0.260 e. The highest BCUT2D eigenvalue weighted by atomic mass is 16.5. The van der Waals surface area contributed by atoms with E-state index in [1.54, 1.807) is 25.3 Å². The molecule has 2 rings (SSSR count). The van der Waals surface area contributed by atoms with Crippen molar-refractivity contribution in [3.63, 3.8) is 0 Å². The number of nitrogens with one attached hydrogen (secondary N) is 2. The number of methoxy groups -OCH3 is 1. The Labute approximate surface area is 111 Å². The number of benzene rings is 1. The zero-order chi connectivity index (χ0) is 13.8. The number of nitrogen functional groups attached to an aromatic ring is 1. The number of nitrogens with zero attached hydrogens (tertiary/aromatic N) is 1. The van der Waals surface area contributed by atoms with Crippen LogP contribution >= 0.6 is 0 Å². The molecule has 0 saturated heterocycles. The highest BCUT2D eigenvalue weighted by Gasteiger charge is 2.07. The predicted octanol–water partition coefficient (Wildman–Crippen LogP) is 1.34. The van der Waals surface area contributed by atoms with Crippen molar-refractivity contribution in [2.45, 2.75) is 19.4 Å². The number of H-pyrrole nitrogens is 1. The van der Waals surface area contributed by atoms with Crippen LogP contribution in [0.4, 0.5) is 11.6 Å². The van der Waals surface area contributed by atoms with Crippen molar-refractivity contribution in [3.05, 3.63) is 28.6 Å². The lowest BCUT2D eigenvalue weighted by molar-refractivity contribution is 0.191. The molecule has 19 heavy (non-hydrogen) atoms. The minimum atomic E-state index is -0.196. The number of aromatic nitrogens is 2. The molecule has 0 fully saturated rings. The van der Waals surface area contributed by atoms with E-state index < -0.39 is 0 Å². The van der Waals surface area contributed by atoms with Gasteiger partial charge in [0.25, 0.3) is 5.56 Å². The lowest BCUT2D eigenvalue weighted by atomic mass is 10.2. The Morgan fingerprint density at radius 1 is 1.53 bits per heavy atom. The maximum absolute atomic E-state index is 11.9. The maximum atomic E-state index is 11.9. The predicted molar refractivity (Wildman–Crippen MR) is 76.4 cm³/mol. The van der Waals surface area contributed by atoms with Gasteiger partial charge in [0.2, 0.25) is 5.95 Å². The van der Waals surface area contributed by atoms with Crippen LogP contribution in [0.3, 0.4) is 0 Å². The molecular formula is C13H18N4O2. The van der Waals surface area contributed by atoms with Crippen molar-refractivity contribution in [1.82, 2.24) is 9.97 Å². The van der Waals surface area contributed by atoms with E-state index in [0.717, 1.165) is 6.42 Å². The largest absolute Gasteiger partial charge is 0.399 e. The molecule has 0 bridgehead atoms. The summed E-state index contributed by atoms with van der Waals surface area (Å²) in [5.74, 6) is 0.464. The SMILES string of the molecule is COCCC(C)Nc1nc2ccc(N)cc2c(=O)[nH]1. The topological polar surface area (TPSA) is 93.0 Å². The van der Waals surface area contributed by atoms with Gasteiger partial charge in [0.1, 0.15) is 0 Å². The standard InChI is InChI=1S/C13H18N4O2/c1-8(5-6-19-2)15-13-16-11-4-3-9(14)7-10(11)12(18)17-13/h3-4,7-8H,5-6,14H2,1-2H3,(H2,15,16,17,18). The quantitative estimate of drug-likeness (QED) is 0.707. The van der Waals surface area contributed by atoms with Gasteiger partial charge in [0.15, 0.2) is 0 Å². The van der Waals surface area contributed by atoms with Gasteiger partial charge in [0, 0.05) is 25.4 Å². The van der Waals surface area contributed by atoms with E-state index >= 15 is 0 Å². The van der Waals surface area contributed by atoms with Crippen molar-refractivity contribution in [2.75, 3.05) is 24.8 Å². The molecule has 1 aromatic carbocycles. The van der Waals surface area contributed by atoms with E-state index in [4.69, 9.17) is 10.5 Å². The molecule has 4 N–H and O–H groups in total. The second kappa shape index (κ2) is 5.71. The molecule has 0 aliphatic rings. The molecule has 6 heteroatoms. The molecule has 0 amide bonds. The molecule has 0 aliphatic carbocycles. The highest BCUT2D eigenvalue weighted by molar-refractivity contribution is 5.81. The average molecular weight is 262 g/mol. The molecule has 1 unspecified atom stereocenters. The van der Waals surface area contributed by atoms with Crippen molar-refractivity contribution in [2.24, 2.45) is 0 Å². The molecule has 6 nitrogen and oxygen atoms in total. The van der Waals surface area contributed by atoms with Gasteiger partial charge in [-0.05, 0) is 31.5 Å². The van der Waals surface area contributed by atoms with Crippen LogP contribution in [-0.4, -0.2) is 29.7 Å². The Balaban J connectivity index is 2.26. The van der Waals surface area contributed by atoms with Crippen molar-refractivity contribution in [1.29, 1.82) is 0 Å². The van der Waals surface area contributed by atoms with E-state index in [0.29, 0.717) is 29.1 Å². The molecule has 1 atom stereocenters. The number of anilines is 2. The number of aromatic amines is 1. The number of ether oxygens (including phenoxy) is 1. The van der Waals surface area contributed by atoms with Crippen LogP contribution in [0.1, 0.15) is 13.3 Å². The second-order valence-electron chi connectivity index (χ2n) is 4.52. The fourth-order valence-electron chi connectivity index (χ4n) is 1.82. The first-order valence-electron chi connectivity index (χ1n) is 6.15. The lowest BCUT2D eigenvalue weighted by Gasteiger charge is -2.13. The van der Waals surface area contributed by atoms with Gasteiger partial charge in [-0.25, -0.2) is 4.98 Å². The van der Waals surface area contributed by atoms with Gasteiger partial charge in [0.05, 0.1) is 10.9 Å². The average Bonchev–Trinajstić information content (AvgIpc) is 2.37. The van der Waals surface area contributed by atoms with E-state index in [2.05, 4.69) is 15.3 Å². The third kappa shape index (κ3) is 3.23. The summed E-state index contributed by atoms with van der Waals surface area (Å²) in [6.45, 7) is 2.66. The molecule has 2 aromatic rings. The number of nitrogens with two attached hydrogens (primary N) is 1. The van der Waals surface area contributed by atoms with Crippen molar-refractivity contribution < 1.29 is 4.74 Å². The summed E-state index contributed by atoms with van der Waals surface area (Å²) in [5.41, 5.74) is 6.64. The number of hydrogen-bond acceptors (Lipinski definition) is 5. The van der Waals surface area contributed by atoms with Crippen LogP contribution in [0.25, 0.3) is 10.9 Å². The summed E-state index contributed by atoms with van der Waals surface area (Å²) in [5, 5.41) is 3.64. The van der Waals surface area contributed by atoms with Crippen LogP contribution in [-0.2, 0) is 4.74 Å². The molecule has 102 valence electrons. The molecule has 0 spiro atoms. The van der Waals surface area contributed by atoms with Crippen LogP contribution < -0.4 is 16.6 Å². The zero-order valence-electron chi connectivity index (χ0n) is 11.1. The summed E-state index contributed by atoms with van der Waals surface area (Å²) in [6, 6.07) is 5.26. The third-order valence-corrected chi connectivity index (χ3v) is 2.87. The summed E-state index contributed by atoms with van der Waals surface area (Å²) >= 11 is 0. The first kappa shape index (κ1) is 13.4. The van der Waals surface area contributed by atoms with E-state index in [1.807, 2.05) is 6.92 Å². The Bertz CT molecular complexity index is 624. The van der Waals surface area contributed by atoms with Gasteiger partial charge in [-0.1, -0.05) is 0 Å². The van der Waals surface area contributed by atoms with Crippen LogP contribution in [0.2, 0.25) is 0 Å². The van der Waals surface area contributed by atoms with E-state index in [1.165, 1.54) is 0 Å². The monoisotopic (exact) mass is 262 g/mol. The van der Waals surface area contributed by atoms with E-state index in [-0.39, 0.29) is 11.6 Å². The van der Waals surface area contributed by atoms with Gasteiger partial charge in [-0.2, -0.15) is 0 Å². The van der Waals surface area contributed by atoms with Gasteiger partial charge < -0.3 is 15.8 Å². The Morgan fingerprint density at radius 2 is 2.32 bits per heavy atom. The van der Waals surface area contributed by atoms with Crippen molar-refractivity contribution >= 4 is 22.5 Å². The van der Waals surface area contributed by atoms with E-state index in [9.17, 15) is 4.79 Å².